The van der Waals surface area contributed by atoms with Crippen LogP contribution in [0, 0.1) is 5.82 Å². The SMILES string of the molecule is O=C(COC(=O)/C=C/c1c(F)cccc1Cl)N[C@@H]1CCS(=O)(=O)C1. The van der Waals surface area contributed by atoms with E-state index in [4.69, 9.17) is 16.3 Å². The normalized spacial score (nSPS) is 19.3. The topological polar surface area (TPSA) is 89.5 Å². The van der Waals surface area contributed by atoms with Gasteiger partial charge in [-0.25, -0.2) is 17.6 Å². The Kier molecular flexibility index (Phi) is 5.95. The largest absolute Gasteiger partial charge is 0.452 e. The number of hydrogen-bond donors (Lipinski definition) is 1. The molecule has 1 amide bonds. The van der Waals surface area contributed by atoms with Gasteiger partial charge in [0, 0.05) is 17.7 Å². The Morgan fingerprint density at radius 3 is 2.79 bits per heavy atom. The maximum atomic E-state index is 13.5. The summed E-state index contributed by atoms with van der Waals surface area (Å²) in [6.07, 6.45) is 2.45. The van der Waals surface area contributed by atoms with Crippen molar-refractivity contribution >= 4 is 39.4 Å². The minimum atomic E-state index is -3.10. The molecule has 1 fully saturated rings. The summed E-state index contributed by atoms with van der Waals surface area (Å²) in [5.74, 6) is -2.11. The highest BCUT2D eigenvalue weighted by Gasteiger charge is 2.28. The zero-order valence-electron chi connectivity index (χ0n) is 12.5. The van der Waals surface area contributed by atoms with E-state index in [0.29, 0.717) is 6.42 Å². The molecule has 2 rings (SSSR count). The first-order chi connectivity index (χ1) is 11.3. The maximum absolute atomic E-state index is 13.5. The number of halogens is 2. The van der Waals surface area contributed by atoms with Gasteiger partial charge in [-0.15, -0.1) is 0 Å². The minimum Gasteiger partial charge on any atom is -0.452 e. The molecule has 1 heterocycles. The average molecular weight is 376 g/mol. The van der Waals surface area contributed by atoms with E-state index in [2.05, 4.69) is 5.32 Å². The van der Waals surface area contributed by atoms with E-state index in [1.807, 2.05) is 0 Å². The molecule has 9 heteroatoms. The second-order valence-corrected chi connectivity index (χ2v) is 7.88. The molecule has 0 saturated carbocycles. The van der Waals surface area contributed by atoms with Crippen molar-refractivity contribution < 1.29 is 27.1 Å². The quantitative estimate of drug-likeness (QED) is 0.619. The zero-order valence-corrected chi connectivity index (χ0v) is 14.1. The third-order valence-corrected chi connectivity index (χ3v) is 5.43. The molecular formula is C15H15ClFNO5S. The Morgan fingerprint density at radius 2 is 2.17 bits per heavy atom. The second-order valence-electron chi connectivity index (χ2n) is 5.24. The lowest BCUT2D eigenvalue weighted by Crippen LogP contribution is -2.38. The van der Waals surface area contributed by atoms with Gasteiger partial charge in [-0.05, 0) is 24.6 Å². The monoisotopic (exact) mass is 375 g/mol. The number of rotatable bonds is 5. The Labute approximate surface area is 143 Å². The van der Waals surface area contributed by atoms with Crippen LogP contribution in [0.4, 0.5) is 4.39 Å². The lowest BCUT2D eigenvalue weighted by atomic mass is 10.2. The van der Waals surface area contributed by atoms with Gasteiger partial charge in [0.25, 0.3) is 5.91 Å². The molecule has 0 radical (unpaired) electrons. The van der Waals surface area contributed by atoms with E-state index >= 15 is 0 Å². The predicted octanol–water partition coefficient (Wildman–Crippen LogP) is 1.34. The molecule has 1 N–H and O–H groups in total. The first-order valence-electron chi connectivity index (χ1n) is 7.05. The van der Waals surface area contributed by atoms with Crippen LogP contribution < -0.4 is 5.32 Å². The number of carbonyl (C=O) groups is 2. The van der Waals surface area contributed by atoms with Crippen molar-refractivity contribution in [3.8, 4) is 0 Å². The Hall–Kier alpha value is -1.93. The molecule has 6 nitrogen and oxygen atoms in total. The van der Waals surface area contributed by atoms with Crippen LogP contribution in [-0.4, -0.2) is 44.4 Å². The van der Waals surface area contributed by atoms with Crippen molar-refractivity contribution in [1.82, 2.24) is 5.32 Å². The first-order valence-corrected chi connectivity index (χ1v) is 9.25. The van der Waals surface area contributed by atoms with Gasteiger partial charge in [-0.2, -0.15) is 0 Å². The van der Waals surface area contributed by atoms with Crippen LogP contribution in [0.25, 0.3) is 6.08 Å². The van der Waals surface area contributed by atoms with Crippen LogP contribution in [0.3, 0.4) is 0 Å². The maximum Gasteiger partial charge on any atom is 0.331 e. The summed E-state index contributed by atoms with van der Waals surface area (Å²) in [6.45, 7) is -0.551. The molecule has 0 bridgehead atoms. The average Bonchev–Trinajstić information content (AvgIpc) is 2.83. The van der Waals surface area contributed by atoms with Crippen molar-refractivity contribution in [1.29, 1.82) is 0 Å². The van der Waals surface area contributed by atoms with Gasteiger partial charge in [0.2, 0.25) is 0 Å². The molecule has 1 aromatic carbocycles. The smallest absolute Gasteiger partial charge is 0.331 e. The highest BCUT2D eigenvalue weighted by atomic mass is 35.5. The third kappa shape index (κ3) is 5.31. The molecule has 0 aromatic heterocycles. The van der Waals surface area contributed by atoms with Gasteiger partial charge in [0.05, 0.1) is 16.5 Å². The third-order valence-electron chi connectivity index (χ3n) is 3.33. The molecule has 0 aliphatic carbocycles. The van der Waals surface area contributed by atoms with Gasteiger partial charge in [0.15, 0.2) is 16.4 Å². The molecule has 0 spiro atoms. The molecule has 1 atom stereocenters. The lowest BCUT2D eigenvalue weighted by Gasteiger charge is -2.10. The van der Waals surface area contributed by atoms with Gasteiger partial charge < -0.3 is 10.1 Å². The molecular weight excluding hydrogens is 361 g/mol. The zero-order chi connectivity index (χ0) is 17.7. The fraction of sp³-hybridized carbons (Fsp3) is 0.333. The van der Waals surface area contributed by atoms with Gasteiger partial charge >= 0.3 is 5.97 Å². The fourth-order valence-electron chi connectivity index (χ4n) is 2.18. The van der Waals surface area contributed by atoms with Gasteiger partial charge in [0.1, 0.15) is 5.82 Å². The minimum absolute atomic E-state index is 0.0316. The van der Waals surface area contributed by atoms with E-state index in [-0.39, 0.29) is 22.1 Å². The Bertz CT molecular complexity index is 758. The number of carbonyl (C=O) groups excluding carboxylic acids is 2. The molecule has 24 heavy (non-hydrogen) atoms. The standard InChI is InChI=1S/C15H15ClFNO5S/c16-12-2-1-3-13(17)11(12)4-5-15(20)23-8-14(19)18-10-6-7-24(21,22)9-10/h1-5,10H,6-9H2,(H,18,19)/b5-4+/t10-/m1/s1. The lowest BCUT2D eigenvalue weighted by molar-refractivity contribution is -0.143. The summed E-state index contributed by atoms with van der Waals surface area (Å²) in [4.78, 5) is 23.1. The summed E-state index contributed by atoms with van der Waals surface area (Å²) >= 11 is 5.80. The summed E-state index contributed by atoms with van der Waals surface area (Å²) in [5.41, 5.74) is 0.0386. The number of ether oxygens (including phenoxy) is 1. The number of hydrogen-bond acceptors (Lipinski definition) is 5. The van der Waals surface area contributed by atoms with Crippen LogP contribution in [-0.2, 0) is 24.2 Å². The predicted molar refractivity (Wildman–Crippen MR) is 86.6 cm³/mol. The van der Waals surface area contributed by atoms with E-state index in [1.54, 1.807) is 0 Å². The molecule has 1 aliphatic rings. The highest BCUT2D eigenvalue weighted by Crippen LogP contribution is 2.20. The Morgan fingerprint density at radius 1 is 1.42 bits per heavy atom. The van der Waals surface area contributed by atoms with E-state index < -0.39 is 40.2 Å². The summed E-state index contributed by atoms with van der Waals surface area (Å²) in [6, 6.07) is 3.63. The van der Waals surface area contributed by atoms with E-state index in [1.165, 1.54) is 18.2 Å². The number of nitrogens with one attached hydrogen (secondary N) is 1. The van der Waals surface area contributed by atoms with Crippen molar-refractivity contribution in [2.45, 2.75) is 12.5 Å². The van der Waals surface area contributed by atoms with Crippen molar-refractivity contribution in [3.63, 3.8) is 0 Å². The van der Waals surface area contributed by atoms with Gasteiger partial charge in [-0.1, -0.05) is 17.7 Å². The van der Waals surface area contributed by atoms with Crippen molar-refractivity contribution in [2.24, 2.45) is 0 Å². The number of benzene rings is 1. The number of sulfone groups is 1. The number of amides is 1. The van der Waals surface area contributed by atoms with Crippen LogP contribution in [0.15, 0.2) is 24.3 Å². The van der Waals surface area contributed by atoms with E-state index in [0.717, 1.165) is 12.2 Å². The van der Waals surface area contributed by atoms with Gasteiger partial charge in [-0.3, -0.25) is 4.79 Å². The summed E-state index contributed by atoms with van der Waals surface area (Å²) in [5, 5.41) is 2.62. The summed E-state index contributed by atoms with van der Waals surface area (Å²) < 4.78 is 40.8. The van der Waals surface area contributed by atoms with Crippen molar-refractivity contribution in [2.75, 3.05) is 18.1 Å². The van der Waals surface area contributed by atoms with E-state index in [9.17, 15) is 22.4 Å². The summed E-state index contributed by atoms with van der Waals surface area (Å²) in [7, 11) is -3.10. The number of esters is 1. The molecule has 1 saturated heterocycles. The highest BCUT2D eigenvalue weighted by molar-refractivity contribution is 7.91. The molecule has 1 aliphatic heterocycles. The van der Waals surface area contributed by atoms with Crippen LogP contribution >= 0.6 is 11.6 Å². The molecule has 1 aromatic rings. The van der Waals surface area contributed by atoms with Crippen LogP contribution in [0.2, 0.25) is 5.02 Å². The second kappa shape index (κ2) is 7.76. The van der Waals surface area contributed by atoms with Crippen LogP contribution in [0.1, 0.15) is 12.0 Å². The fourth-order valence-corrected chi connectivity index (χ4v) is 4.08. The van der Waals surface area contributed by atoms with Crippen molar-refractivity contribution in [3.05, 3.63) is 40.7 Å². The Balaban J connectivity index is 1.81. The first kappa shape index (κ1) is 18.4. The van der Waals surface area contributed by atoms with Crippen LogP contribution in [0.5, 0.6) is 0 Å². The molecule has 0 unspecified atom stereocenters. The molecule has 130 valence electrons.